The van der Waals surface area contributed by atoms with Gasteiger partial charge in [0.05, 0.1) is 5.37 Å². The molecule has 0 aliphatic carbocycles. The Labute approximate surface area is 82.7 Å². The number of hydrogen-bond acceptors (Lipinski definition) is 3. The predicted octanol–water partition coefficient (Wildman–Crippen LogP) is 2.85. The molecule has 0 amide bonds. The van der Waals surface area contributed by atoms with Crippen LogP contribution in [-0.4, -0.2) is 12.3 Å². The largest absolute Gasteiger partial charge is 0.301 e. The van der Waals surface area contributed by atoms with Crippen molar-refractivity contribution in [2.45, 2.75) is 5.37 Å². The van der Waals surface area contributed by atoms with Crippen LogP contribution in [-0.2, 0) is 0 Å². The van der Waals surface area contributed by atoms with E-state index in [0.717, 1.165) is 6.54 Å². The quantitative estimate of drug-likeness (QED) is 0.822. The van der Waals surface area contributed by atoms with Crippen molar-refractivity contribution < 1.29 is 0 Å². The van der Waals surface area contributed by atoms with Crippen LogP contribution in [0.5, 0.6) is 0 Å². The molecule has 1 saturated heterocycles. The maximum absolute atomic E-state index is 3.53. The molecule has 60 valence electrons. The Morgan fingerprint density at radius 3 is 3.00 bits per heavy atom. The lowest BCUT2D eigenvalue weighted by atomic mass is 10.3. The number of halogens is 1. The molecule has 2 heterocycles. The summed E-state index contributed by atoms with van der Waals surface area (Å²) in [7, 11) is 0. The van der Waals surface area contributed by atoms with Gasteiger partial charge in [-0.2, -0.15) is 11.3 Å². The van der Waals surface area contributed by atoms with Gasteiger partial charge < -0.3 is 5.32 Å². The number of hydrogen-bond donors (Lipinski definition) is 1. The highest BCUT2D eigenvalue weighted by molar-refractivity contribution is 9.10. The van der Waals surface area contributed by atoms with Gasteiger partial charge >= 0.3 is 0 Å². The van der Waals surface area contributed by atoms with Crippen LogP contribution in [0, 0.1) is 0 Å². The molecule has 1 aliphatic heterocycles. The van der Waals surface area contributed by atoms with Crippen molar-refractivity contribution in [3.05, 3.63) is 20.8 Å². The lowest BCUT2D eigenvalue weighted by molar-refractivity contribution is 0.751. The normalized spacial score (nSPS) is 24.3. The van der Waals surface area contributed by atoms with Crippen molar-refractivity contribution in [3.63, 3.8) is 0 Å². The van der Waals surface area contributed by atoms with Crippen molar-refractivity contribution >= 4 is 39.0 Å². The molecule has 1 aromatic heterocycles. The molecule has 0 spiro atoms. The Hall–Kier alpha value is 0.490. The Kier molecular flexibility index (Phi) is 2.56. The Morgan fingerprint density at radius 2 is 2.45 bits per heavy atom. The molecule has 0 radical (unpaired) electrons. The van der Waals surface area contributed by atoms with Gasteiger partial charge in [-0.15, -0.1) is 11.8 Å². The molecule has 1 N–H and O–H groups in total. The van der Waals surface area contributed by atoms with Gasteiger partial charge in [-0.25, -0.2) is 0 Å². The maximum atomic E-state index is 3.53. The molecular weight excluding hydrogens is 242 g/mol. The third kappa shape index (κ3) is 1.64. The molecule has 0 saturated carbocycles. The van der Waals surface area contributed by atoms with Crippen LogP contribution >= 0.6 is 39.0 Å². The smallest absolute Gasteiger partial charge is 0.0809 e. The summed E-state index contributed by atoms with van der Waals surface area (Å²) in [6.45, 7) is 1.14. The molecule has 1 aromatic rings. The summed E-state index contributed by atoms with van der Waals surface area (Å²) in [6, 6.07) is 0. The number of nitrogens with one attached hydrogen (secondary N) is 1. The Balaban J connectivity index is 2.21. The van der Waals surface area contributed by atoms with Crippen LogP contribution in [0.15, 0.2) is 15.2 Å². The predicted molar refractivity (Wildman–Crippen MR) is 55.2 cm³/mol. The second kappa shape index (κ2) is 3.47. The summed E-state index contributed by atoms with van der Waals surface area (Å²) >= 11 is 7.27. The molecule has 1 nitrogen and oxygen atoms in total. The van der Waals surface area contributed by atoms with Crippen LogP contribution in [0.1, 0.15) is 10.9 Å². The zero-order chi connectivity index (χ0) is 7.68. The van der Waals surface area contributed by atoms with E-state index in [1.54, 1.807) is 11.3 Å². The van der Waals surface area contributed by atoms with Gasteiger partial charge in [0.1, 0.15) is 0 Å². The van der Waals surface area contributed by atoms with Crippen LogP contribution in [0.25, 0.3) is 0 Å². The highest BCUT2D eigenvalue weighted by atomic mass is 79.9. The van der Waals surface area contributed by atoms with Gasteiger partial charge in [-0.3, -0.25) is 0 Å². The fraction of sp³-hybridized carbons (Fsp3) is 0.429. The number of rotatable bonds is 1. The van der Waals surface area contributed by atoms with Crippen molar-refractivity contribution in [2.24, 2.45) is 0 Å². The summed E-state index contributed by atoms with van der Waals surface area (Å²) in [6.07, 6.45) is 0. The summed E-state index contributed by atoms with van der Waals surface area (Å²) in [4.78, 5) is 0. The van der Waals surface area contributed by atoms with Gasteiger partial charge in [0, 0.05) is 27.7 Å². The third-order valence-corrected chi connectivity index (χ3v) is 4.59. The first-order chi connectivity index (χ1) is 5.38. The molecule has 2 rings (SSSR count). The minimum atomic E-state index is 0.524. The first-order valence-electron chi connectivity index (χ1n) is 3.44. The van der Waals surface area contributed by atoms with E-state index in [1.165, 1.54) is 15.8 Å². The molecule has 1 atom stereocenters. The van der Waals surface area contributed by atoms with Crippen molar-refractivity contribution in [2.75, 3.05) is 12.3 Å². The highest BCUT2D eigenvalue weighted by Gasteiger charge is 2.19. The van der Waals surface area contributed by atoms with E-state index in [9.17, 15) is 0 Å². The molecule has 0 aromatic carbocycles. The SMILES string of the molecule is Brc1cscc1C1NCCS1. The standard InChI is InChI=1S/C7H8BrNS2/c8-6-4-10-3-5(6)7-9-1-2-11-7/h3-4,7,9H,1-2H2. The van der Waals surface area contributed by atoms with Gasteiger partial charge in [-0.1, -0.05) is 0 Å². The topological polar surface area (TPSA) is 12.0 Å². The minimum Gasteiger partial charge on any atom is -0.301 e. The first-order valence-corrected chi connectivity index (χ1v) is 6.23. The summed E-state index contributed by atoms with van der Waals surface area (Å²) < 4.78 is 1.24. The van der Waals surface area contributed by atoms with E-state index in [2.05, 4.69) is 32.0 Å². The summed E-state index contributed by atoms with van der Waals surface area (Å²) in [5, 5.41) is 8.31. The van der Waals surface area contributed by atoms with Crippen LogP contribution in [0.3, 0.4) is 0 Å². The van der Waals surface area contributed by atoms with Gasteiger partial charge in [0.2, 0.25) is 0 Å². The zero-order valence-electron chi connectivity index (χ0n) is 5.84. The molecular formula is C7H8BrNS2. The fourth-order valence-corrected chi connectivity index (χ4v) is 3.98. The van der Waals surface area contributed by atoms with Gasteiger partial charge in [-0.05, 0) is 21.3 Å². The summed E-state index contributed by atoms with van der Waals surface area (Å²) in [5.41, 5.74) is 1.40. The van der Waals surface area contributed by atoms with E-state index in [-0.39, 0.29) is 0 Å². The minimum absolute atomic E-state index is 0.524. The number of thioether (sulfide) groups is 1. The average molecular weight is 250 g/mol. The van der Waals surface area contributed by atoms with E-state index in [1.807, 2.05) is 11.8 Å². The Bertz CT molecular complexity index is 242. The van der Waals surface area contributed by atoms with E-state index < -0.39 is 0 Å². The molecule has 1 unspecified atom stereocenters. The average Bonchev–Trinajstić information content (AvgIpc) is 2.55. The fourth-order valence-electron chi connectivity index (χ4n) is 1.10. The second-order valence-corrected chi connectivity index (χ2v) is 5.19. The molecule has 1 aliphatic rings. The highest BCUT2D eigenvalue weighted by Crippen LogP contribution is 2.36. The van der Waals surface area contributed by atoms with Crippen LogP contribution in [0.2, 0.25) is 0 Å². The van der Waals surface area contributed by atoms with Gasteiger partial charge in [0.25, 0.3) is 0 Å². The van der Waals surface area contributed by atoms with Crippen molar-refractivity contribution in [1.82, 2.24) is 5.32 Å². The Morgan fingerprint density at radius 1 is 1.55 bits per heavy atom. The lowest BCUT2D eigenvalue weighted by Crippen LogP contribution is -2.11. The zero-order valence-corrected chi connectivity index (χ0v) is 9.06. The molecule has 0 bridgehead atoms. The van der Waals surface area contributed by atoms with E-state index in [4.69, 9.17) is 0 Å². The second-order valence-electron chi connectivity index (χ2n) is 2.38. The van der Waals surface area contributed by atoms with E-state index in [0.29, 0.717) is 5.37 Å². The number of thiophene rings is 1. The molecule has 1 fully saturated rings. The lowest BCUT2D eigenvalue weighted by Gasteiger charge is -2.06. The molecule has 4 heteroatoms. The monoisotopic (exact) mass is 249 g/mol. The van der Waals surface area contributed by atoms with Crippen molar-refractivity contribution in [3.8, 4) is 0 Å². The van der Waals surface area contributed by atoms with Crippen molar-refractivity contribution in [1.29, 1.82) is 0 Å². The van der Waals surface area contributed by atoms with Gasteiger partial charge in [0.15, 0.2) is 0 Å². The molecule has 11 heavy (non-hydrogen) atoms. The van der Waals surface area contributed by atoms with E-state index >= 15 is 0 Å². The maximum Gasteiger partial charge on any atom is 0.0809 e. The first kappa shape index (κ1) is 8.10. The third-order valence-electron chi connectivity index (χ3n) is 1.64. The van der Waals surface area contributed by atoms with Crippen LogP contribution in [0.4, 0.5) is 0 Å². The van der Waals surface area contributed by atoms with Crippen LogP contribution < -0.4 is 5.32 Å². The summed E-state index contributed by atoms with van der Waals surface area (Å²) in [5.74, 6) is 1.23.